The van der Waals surface area contributed by atoms with Crippen molar-refractivity contribution >= 4 is 6.03 Å². The lowest BCUT2D eigenvalue weighted by Gasteiger charge is -2.35. The third-order valence-electron chi connectivity index (χ3n) is 4.39. The molecule has 2 aliphatic heterocycles. The van der Waals surface area contributed by atoms with Crippen LogP contribution in [0, 0.1) is 11.8 Å². The van der Waals surface area contributed by atoms with Crippen molar-refractivity contribution in [2.75, 3.05) is 52.5 Å². The molecular formula is C16H31N3O3. The average Bonchev–Trinajstić information content (AvgIpc) is 2.52. The van der Waals surface area contributed by atoms with Crippen LogP contribution >= 0.6 is 0 Å². The second-order valence-corrected chi connectivity index (χ2v) is 6.97. The summed E-state index contributed by atoms with van der Waals surface area (Å²) in [6.45, 7) is 10.3. The maximum absolute atomic E-state index is 12.2. The smallest absolute Gasteiger partial charge is 0.317 e. The van der Waals surface area contributed by atoms with Gasteiger partial charge in [0.15, 0.2) is 0 Å². The van der Waals surface area contributed by atoms with Gasteiger partial charge in [0, 0.05) is 45.9 Å². The van der Waals surface area contributed by atoms with Crippen LogP contribution in [-0.4, -0.2) is 79.5 Å². The Hall–Kier alpha value is -0.850. The summed E-state index contributed by atoms with van der Waals surface area (Å²) in [5.41, 5.74) is 0. The molecule has 2 aliphatic rings. The number of urea groups is 1. The zero-order valence-corrected chi connectivity index (χ0v) is 14.0. The second-order valence-electron chi connectivity index (χ2n) is 6.97. The molecule has 0 aromatic rings. The number of piperidine rings is 1. The molecule has 0 aromatic heterocycles. The van der Waals surface area contributed by atoms with Gasteiger partial charge in [-0.1, -0.05) is 13.8 Å². The first kappa shape index (κ1) is 17.5. The van der Waals surface area contributed by atoms with Gasteiger partial charge in [-0.25, -0.2) is 4.79 Å². The molecule has 0 radical (unpaired) electrons. The fourth-order valence-electron chi connectivity index (χ4n) is 3.30. The van der Waals surface area contributed by atoms with Crippen LogP contribution in [0.2, 0.25) is 0 Å². The van der Waals surface area contributed by atoms with E-state index in [1.165, 1.54) is 0 Å². The Balaban J connectivity index is 1.71. The van der Waals surface area contributed by atoms with E-state index in [2.05, 4.69) is 24.1 Å². The Labute approximate surface area is 133 Å². The highest BCUT2D eigenvalue weighted by Crippen LogP contribution is 2.15. The average molecular weight is 313 g/mol. The number of likely N-dealkylation sites (tertiary alicyclic amines) is 1. The van der Waals surface area contributed by atoms with Crippen molar-refractivity contribution in [1.29, 1.82) is 0 Å². The number of carbonyl (C=O) groups is 1. The fraction of sp³-hybridized carbons (Fsp3) is 0.938. The van der Waals surface area contributed by atoms with Crippen molar-refractivity contribution in [2.45, 2.75) is 32.8 Å². The van der Waals surface area contributed by atoms with Crippen LogP contribution in [0.3, 0.4) is 0 Å². The summed E-state index contributed by atoms with van der Waals surface area (Å²) in [7, 11) is 0. The molecule has 6 heteroatoms. The molecule has 2 heterocycles. The van der Waals surface area contributed by atoms with Gasteiger partial charge in [0.25, 0.3) is 0 Å². The topological polar surface area (TPSA) is 65.0 Å². The second kappa shape index (κ2) is 8.70. The summed E-state index contributed by atoms with van der Waals surface area (Å²) in [6.07, 6.45) is 2.06. The summed E-state index contributed by atoms with van der Waals surface area (Å²) >= 11 is 0. The molecule has 2 rings (SSSR count). The molecule has 22 heavy (non-hydrogen) atoms. The predicted molar refractivity (Wildman–Crippen MR) is 85.8 cm³/mol. The molecule has 2 unspecified atom stereocenters. The molecule has 2 N–H and O–H groups in total. The van der Waals surface area contributed by atoms with E-state index in [0.717, 1.165) is 45.6 Å². The third-order valence-corrected chi connectivity index (χ3v) is 4.39. The van der Waals surface area contributed by atoms with Crippen molar-refractivity contribution < 1.29 is 14.6 Å². The number of aliphatic hydroxyl groups is 1. The Morgan fingerprint density at radius 3 is 2.91 bits per heavy atom. The number of hydrogen-bond acceptors (Lipinski definition) is 4. The number of nitrogens with zero attached hydrogens (tertiary/aromatic N) is 2. The van der Waals surface area contributed by atoms with E-state index in [1.54, 1.807) is 0 Å². The lowest BCUT2D eigenvalue weighted by atomic mass is 9.99. The summed E-state index contributed by atoms with van der Waals surface area (Å²) in [5.74, 6) is 0.879. The first-order chi connectivity index (χ1) is 10.6. The third kappa shape index (κ3) is 5.41. The van der Waals surface area contributed by atoms with Crippen molar-refractivity contribution in [1.82, 2.24) is 15.1 Å². The fourth-order valence-corrected chi connectivity index (χ4v) is 3.30. The van der Waals surface area contributed by atoms with Crippen molar-refractivity contribution in [3.8, 4) is 0 Å². The lowest BCUT2D eigenvalue weighted by molar-refractivity contribution is -0.0295. The quantitative estimate of drug-likeness (QED) is 0.786. The van der Waals surface area contributed by atoms with Crippen molar-refractivity contribution in [3.63, 3.8) is 0 Å². The first-order valence-electron chi connectivity index (χ1n) is 8.56. The summed E-state index contributed by atoms with van der Waals surface area (Å²) < 4.78 is 5.75. The van der Waals surface area contributed by atoms with E-state index in [4.69, 9.17) is 4.74 Å². The molecular weight excluding hydrogens is 282 g/mol. The number of ether oxygens (including phenoxy) is 1. The van der Waals surface area contributed by atoms with E-state index in [1.807, 2.05) is 4.90 Å². The molecule has 2 amide bonds. The summed E-state index contributed by atoms with van der Waals surface area (Å²) in [5, 5.41) is 12.2. The number of hydrogen-bond donors (Lipinski definition) is 2. The minimum atomic E-state index is -0.0252. The van der Waals surface area contributed by atoms with Gasteiger partial charge in [-0.3, -0.25) is 4.90 Å². The number of morpholine rings is 1. The minimum absolute atomic E-state index is 0.0252. The maximum atomic E-state index is 12.2. The number of rotatable bonds is 5. The monoisotopic (exact) mass is 313 g/mol. The van der Waals surface area contributed by atoms with E-state index in [9.17, 15) is 9.90 Å². The van der Waals surface area contributed by atoms with Gasteiger partial charge in [-0.15, -0.1) is 0 Å². The first-order valence-corrected chi connectivity index (χ1v) is 8.56. The van der Waals surface area contributed by atoms with Crippen LogP contribution in [0.25, 0.3) is 0 Å². The van der Waals surface area contributed by atoms with Crippen molar-refractivity contribution in [3.05, 3.63) is 0 Å². The van der Waals surface area contributed by atoms with E-state index in [0.29, 0.717) is 19.0 Å². The Kier molecular flexibility index (Phi) is 6.92. The summed E-state index contributed by atoms with van der Waals surface area (Å²) in [6, 6.07) is -0.0252. The predicted octanol–water partition coefficient (Wildman–Crippen LogP) is 0.757. The van der Waals surface area contributed by atoms with Crippen LogP contribution in [0.4, 0.5) is 4.79 Å². The molecule has 0 saturated carbocycles. The van der Waals surface area contributed by atoms with Gasteiger partial charge in [0.2, 0.25) is 0 Å². The maximum Gasteiger partial charge on any atom is 0.317 e. The molecule has 2 fully saturated rings. The SMILES string of the molecule is CC(C)CN1CCOC(CNC(=O)N2CCCC(CO)C2)C1. The van der Waals surface area contributed by atoms with Gasteiger partial charge in [-0.05, 0) is 24.7 Å². The van der Waals surface area contributed by atoms with E-state index in [-0.39, 0.29) is 24.7 Å². The van der Waals surface area contributed by atoms with Gasteiger partial charge in [0.1, 0.15) is 0 Å². The Morgan fingerprint density at radius 2 is 2.18 bits per heavy atom. The largest absolute Gasteiger partial charge is 0.396 e. The highest BCUT2D eigenvalue weighted by atomic mass is 16.5. The van der Waals surface area contributed by atoms with Gasteiger partial charge in [0.05, 0.1) is 12.7 Å². The number of nitrogens with one attached hydrogen (secondary N) is 1. The van der Waals surface area contributed by atoms with Crippen LogP contribution in [0.5, 0.6) is 0 Å². The van der Waals surface area contributed by atoms with Crippen LogP contribution in [0.1, 0.15) is 26.7 Å². The zero-order chi connectivity index (χ0) is 15.9. The van der Waals surface area contributed by atoms with E-state index >= 15 is 0 Å². The Morgan fingerprint density at radius 1 is 1.36 bits per heavy atom. The van der Waals surface area contributed by atoms with E-state index < -0.39 is 0 Å². The van der Waals surface area contributed by atoms with Crippen LogP contribution < -0.4 is 5.32 Å². The molecule has 0 aliphatic carbocycles. The molecule has 2 atom stereocenters. The normalized spacial score (nSPS) is 27.2. The van der Waals surface area contributed by atoms with Gasteiger partial charge in [-0.2, -0.15) is 0 Å². The zero-order valence-electron chi connectivity index (χ0n) is 14.0. The number of amides is 2. The molecule has 0 spiro atoms. The highest BCUT2D eigenvalue weighted by molar-refractivity contribution is 5.74. The molecule has 6 nitrogen and oxygen atoms in total. The Bertz CT molecular complexity index is 352. The number of carbonyl (C=O) groups excluding carboxylic acids is 1. The minimum Gasteiger partial charge on any atom is -0.396 e. The van der Waals surface area contributed by atoms with Gasteiger partial charge >= 0.3 is 6.03 Å². The van der Waals surface area contributed by atoms with Crippen LogP contribution in [-0.2, 0) is 4.74 Å². The molecule has 0 bridgehead atoms. The van der Waals surface area contributed by atoms with Crippen LogP contribution in [0.15, 0.2) is 0 Å². The molecule has 128 valence electrons. The van der Waals surface area contributed by atoms with Crippen molar-refractivity contribution in [2.24, 2.45) is 11.8 Å². The summed E-state index contributed by atoms with van der Waals surface area (Å²) in [4.78, 5) is 16.5. The number of aliphatic hydroxyl groups excluding tert-OH is 1. The van der Waals surface area contributed by atoms with Gasteiger partial charge < -0.3 is 20.1 Å². The molecule has 2 saturated heterocycles. The molecule has 0 aromatic carbocycles. The highest BCUT2D eigenvalue weighted by Gasteiger charge is 2.25. The lowest BCUT2D eigenvalue weighted by Crippen LogP contribution is -2.51. The standard InChI is InChI=1S/C16H31N3O3/c1-13(2)9-18-6-7-22-15(11-18)8-17-16(21)19-5-3-4-14(10-19)12-20/h13-15,20H,3-12H2,1-2H3,(H,17,21).